The van der Waals surface area contributed by atoms with Crippen molar-refractivity contribution < 1.29 is 4.74 Å². The summed E-state index contributed by atoms with van der Waals surface area (Å²) in [6, 6.07) is 0. The van der Waals surface area contributed by atoms with Crippen LogP contribution < -0.4 is 5.73 Å². The predicted octanol–water partition coefficient (Wildman–Crippen LogP) is 1.07. The van der Waals surface area contributed by atoms with E-state index in [0.29, 0.717) is 12.6 Å². The van der Waals surface area contributed by atoms with Crippen LogP contribution in [0.4, 0.5) is 0 Å². The number of nitrogens with two attached hydrogens (primary N) is 1. The van der Waals surface area contributed by atoms with Crippen LogP contribution in [0.5, 0.6) is 0 Å². The topological polar surface area (TPSA) is 35.2 Å². The van der Waals surface area contributed by atoms with E-state index in [2.05, 4.69) is 6.08 Å². The molecule has 1 aliphatic heterocycles. The normalized spacial score (nSPS) is 27.5. The molecule has 0 aliphatic carbocycles. The van der Waals surface area contributed by atoms with E-state index >= 15 is 0 Å². The van der Waals surface area contributed by atoms with Gasteiger partial charge >= 0.3 is 0 Å². The van der Waals surface area contributed by atoms with Crippen LogP contribution in [-0.2, 0) is 4.74 Å². The molecule has 1 saturated heterocycles. The maximum absolute atomic E-state index is 5.44. The van der Waals surface area contributed by atoms with Gasteiger partial charge in [0.15, 0.2) is 0 Å². The van der Waals surface area contributed by atoms with E-state index < -0.39 is 0 Å². The van der Waals surface area contributed by atoms with Crippen molar-refractivity contribution in [3.05, 3.63) is 12.2 Å². The monoisotopic (exact) mass is 141 g/mol. The van der Waals surface area contributed by atoms with E-state index in [-0.39, 0.29) is 0 Å². The Morgan fingerprint density at radius 3 is 3.00 bits per heavy atom. The van der Waals surface area contributed by atoms with Crippen LogP contribution in [0.3, 0.4) is 0 Å². The fourth-order valence-electron chi connectivity index (χ4n) is 1.15. The van der Waals surface area contributed by atoms with Crippen LogP contribution in [0.2, 0.25) is 0 Å². The molecule has 1 atom stereocenters. The summed E-state index contributed by atoms with van der Waals surface area (Å²) in [5.74, 6) is 0. The fourth-order valence-corrected chi connectivity index (χ4v) is 1.15. The van der Waals surface area contributed by atoms with Gasteiger partial charge in [-0.05, 0) is 19.3 Å². The number of hydrogen-bond donors (Lipinski definition) is 1. The van der Waals surface area contributed by atoms with Crippen LogP contribution in [0.1, 0.15) is 19.3 Å². The molecular weight excluding hydrogens is 126 g/mol. The largest absolute Gasteiger partial charge is 0.374 e. The molecule has 2 N–H and O–H groups in total. The van der Waals surface area contributed by atoms with Crippen molar-refractivity contribution in [2.24, 2.45) is 5.73 Å². The van der Waals surface area contributed by atoms with Crippen molar-refractivity contribution >= 4 is 0 Å². The Labute approximate surface area is 62.1 Å². The summed E-state index contributed by atoms with van der Waals surface area (Å²) in [7, 11) is 0. The summed E-state index contributed by atoms with van der Waals surface area (Å²) in [6.07, 6.45) is 8.05. The molecular formula is C8H15NO. The summed E-state index contributed by atoms with van der Waals surface area (Å²) in [4.78, 5) is 0. The highest BCUT2D eigenvalue weighted by molar-refractivity contribution is 4.91. The molecule has 0 aromatic rings. The lowest BCUT2D eigenvalue weighted by atomic mass is 10.1. The molecule has 1 heterocycles. The van der Waals surface area contributed by atoms with E-state index in [1.54, 1.807) is 0 Å². The molecule has 0 spiro atoms. The molecule has 2 nitrogen and oxygen atoms in total. The molecule has 1 unspecified atom stereocenters. The van der Waals surface area contributed by atoms with Gasteiger partial charge in [0.2, 0.25) is 0 Å². The van der Waals surface area contributed by atoms with Crippen molar-refractivity contribution in [1.82, 2.24) is 0 Å². The Morgan fingerprint density at radius 1 is 1.50 bits per heavy atom. The third-order valence-corrected chi connectivity index (χ3v) is 1.70. The van der Waals surface area contributed by atoms with E-state index in [1.807, 2.05) is 6.08 Å². The van der Waals surface area contributed by atoms with Crippen LogP contribution in [0, 0.1) is 0 Å². The molecule has 0 radical (unpaired) electrons. The third-order valence-electron chi connectivity index (χ3n) is 1.70. The standard InChI is InChI=1S/C8H15NO/c9-6-3-5-8-4-1-2-7-10-8/h3,5,8H,1-2,4,6-7,9H2/b5-3-. The van der Waals surface area contributed by atoms with Gasteiger partial charge < -0.3 is 10.5 Å². The molecule has 0 saturated carbocycles. The SMILES string of the molecule is NC/C=C\C1CCCCO1. The summed E-state index contributed by atoms with van der Waals surface area (Å²) < 4.78 is 5.44. The summed E-state index contributed by atoms with van der Waals surface area (Å²) in [5, 5.41) is 0. The second-order valence-electron chi connectivity index (χ2n) is 2.57. The van der Waals surface area contributed by atoms with Gasteiger partial charge in [0.25, 0.3) is 0 Å². The Hall–Kier alpha value is -0.340. The van der Waals surface area contributed by atoms with Crippen LogP contribution >= 0.6 is 0 Å². The van der Waals surface area contributed by atoms with Gasteiger partial charge in [-0.15, -0.1) is 0 Å². The van der Waals surface area contributed by atoms with Gasteiger partial charge in [-0.2, -0.15) is 0 Å². The molecule has 58 valence electrons. The highest BCUT2D eigenvalue weighted by Gasteiger charge is 2.08. The summed E-state index contributed by atoms with van der Waals surface area (Å²) >= 11 is 0. The van der Waals surface area contributed by atoms with Crippen LogP contribution in [0.15, 0.2) is 12.2 Å². The second-order valence-corrected chi connectivity index (χ2v) is 2.57. The smallest absolute Gasteiger partial charge is 0.0756 e. The number of hydrogen-bond acceptors (Lipinski definition) is 2. The molecule has 1 fully saturated rings. The average molecular weight is 141 g/mol. The van der Waals surface area contributed by atoms with Crippen molar-refractivity contribution in [2.45, 2.75) is 25.4 Å². The fraction of sp³-hybridized carbons (Fsp3) is 0.750. The van der Waals surface area contributed by atoms with E-state index in [0.717, 1.165) is 13.0 Å². The summed E-state index contributed by atoms with van der Waals surface area (Å²) in [5.41, 5.74) is 5.30. The molecule has 10 heavy (non-hydrogen) atoms. The van der Waals surface area contributed by atoms with Gasteiger partial charge in [-0.25, -0.2) is 0 Å². The van der Waals surface area contributed by atoms with Gasteiger partial charge in [0, 0.05) is 13.2 Å². The van der Waals surface area contributed by atoms with Crippen molar-refractivity contribution in [2.75, 3.05) is 13.2 Å². The van der Waals surface area contributed by atoms with E-state index in [9.17, 15) is 0 Å². The molecule has 0 bridgehead atoms. The maximum atomic E-state index is 5.44. The zero-order valence-corrected chi connectivity index (χ0v) is 6.25. The van der Waals surface area contributed by atoms with Crippen molar-refractivity contribution in [3.8, 4) is 0 Å². The highest BCUT2D eigenvalue weighted by Crippen LogP contribution is 2.12. The molecule has 1 rings (SSSR count). The zero-order chi connectivity index (χ0) is 7.23. The first-order chi connectivity index (χ1) is 4.93. The summed E-state index contributed by atoms with van der Waals surface area (Å²) in [6.45, 7) is 1.54. The van der Waals surface area contributed by atoms with E-state index in [1.165, 1.54) is 12.8 Å². The van der Waals surface area contributed by atoms with E-state index in [4.69, 9.17) is 10.5 Å². The van der Waals surface area contributed by atoms with Crippen LogP contribution in [0.25, 0.3) is 0 Å². The first-order valence-corrected chi connectivity index (χ1v) is 3.92. The van der Waals surface area contributed by atoms with Gasteiger partial charge in [-0.1, -0.05) is 12.2 Å². The average Bonchev–Trinajstić information content (AvgIpc) is 2.03. The van der Waals surface area contributed by atoms with Crippen molar-refractivity contribution in [1.29, 1.82) is 0 Å². The lowest BCUT2D eigenvalue weighted by molar-refractivity contribution is 0.0465. The molecule has 2 heteroatoms. The molecule has 0 aromatic heterocycles. The number of rotatable bonds is 2. The number of ether oxygens (including phenoxy) is 1. The Morgan fingerprint density at radius 2 is 2.40 bits per heavy atom. The van der Waals surface area contributed by atoms with Gasteiger partial charge in [0.1, 0.15) is 0 Å². The second kappa shape index (κ2) is 4.47. The minimum atomic E-state index is 0.345. The lowest BCUT2D eigenvalue weighted by Gasteiger charge is -2.18. The van der Waals surface area contributed by atoms with Gasteiger partial charge in [0.05, 0.1) is 6.10 Å². The zero-order valence-electron chi connectivity index (χ0n) is 6.25. The predicted molar refractivity (Wildman–Crippen MR) is 41.8 cm³/mol. The highest BCUT2D eigenvalue weighted by atomic mass is 16.5. The molecule has 0 aromatic carbocycles. The molecule has 1 aliphatic rings. The van der Waals surface area contributed by atoms with Gasteiger partial charge in [-0.3, -0.25) is 0 Å². The van der Waals surface area contributed by atoms with Crippen molar-refractivity contribution in [3.63, 3.8) is 0 Å². The third kappa shape index (κ3) is 2.50. The Bertz CT molecular complexity index is 106. The Kier molecular flexibility index (Phi) is 3.47. The quantitative estimate of drug-likeness (QED) is 0.584. The first-order valence-electron chi connectivity index (χ1n) is 3.92. The molecule has 0 amide bonds. The Balaban J connectivity index is 2.19. The maximum Gasteiger partial charge on any atom is 0.0756 e. The lowest BCUT2D eigenvalue weighted by Crippen LogP contribution is -2.16. The minimum absolute atomic E-state index is 0.345. The minimum Gasteiger partial charge on any atom is -0.374 e. The van der Waals surface area contributed by atoms with Crippen LogP contribution in [-0.4, -0.2) is 19.3 Å². The first kappa shape index (κ1) is 7.76.